The van der Waals surface area contributed by atoms with Crippen LogP contribution >= 0.6 is 0 Å². The quantitative estimate of drug-likeness (QED) is 0.552. The number of hydrogen-bond donors (Lipinski definition) is 1. The molecule has 2 fully saturated rings. The van der Waals surface area contributed by atoms with Gasteiger partial charge in [0.15, 0.2) is 5.82 Å². The summed E-state index contributed by atoms with van der Waals surface area (Å²) in [6.07, 6.45) is 4.06. The Hall–Kier alpha value is -3.19. The average molecular weight is 488 g/mol. The van der Waals surface area contributed by atoms with Crippen LogP contribution in [-0.4, -0.2) is 59.1 Å². The second-order valence-corrected chi connectivity index (χ2v) is 10.3. The minimum Gasteiger partial charge on any atom is -0.354 e. The van der Waals surface area contributed by atoms with Crippen molar-refractivity contribution in [2.45, 2.75) is 52.1 Å². The normalized spacial score (nSPS) is 20.7. The lowest BCUT2D eigenvalue weighted by Crippen LogP contribution is -2.48. The number of likely N-dealkylation sites (tertiary alicyclic amines) is 1. The Kier molecular flexibility index (Phi) is 7.37. The molecule has 0 saturated carbocycles. The Bertz CT molecular complexity index is 1270. The molecule has 0 aliphatic carbocycles. The van der Waals surface area contributed by atoms with Gasteiger partial charge in [0.2, 0.25) is 5.91 Å². The van der Waals surface area contributed by atoms with Crippen molar-refractivity contribution in [3.05, 3.63) is 70.0 Å². The molecule has 2 aromatic carbocycles. The third kappa shape index (κ3) is 5.16. The molecule has 2 aliphatic rings. The maximum Gasteiger partial charge on any atom is 0.294 e. The lowest BCUT2D eigenvalue weighted by molar-refractivity contribution is -0.125. The van der Waals surface area contributed by atoms with Gasteiger partial charge >= 0.3 is 0 Å². The van der Waals surface area contributed by atoms with Crippen LogP contribution in [0.2, 0.25) is 0 Å². The van der Waals surface area contributed by atoms with Gasteiger partial charge in [0.05, 0.1) is 23.5 Å². The first-order valence-corrected chi connectivity index (χ1v) is 13.4. The number of fused-ring (bicyclic) bond motifs is 1. The molecule has 5 rings (SSSR count). The number of nitrogens with zero attached hydrogens (tertiary/aromatic N) is 4. The topological polar surface area (TPSA) is 70.5 Å². The lowest BCUT2D eigenvalue weighted by atomic mass is 9.97. The van der Waals surface area contributed by atoms with Crippen LogP contribution in [0.15, 0.2) is 53.3 Å². The summed E-state index contributed by atoms with van der Waals surface area (Å²) in [5.41, 5.74) is 3.80. The van der Waals surface area contributed by atoms with Crippen molar-refractivity contribution < 1.29 is 4.79 Å². The highest BCUT2D eigenvalue weighted by molar-refractivity contribution is 5.80. The Morgan fingerprint density at radius 3 is 2.64 bits per heavy atom. The van der Waals surface area contributed by atoms with Gasteiger partial charge in [-0.1, -0.05) is 48.9 Å². The van der Waals surface area contributed by atoms with Crippen molar-refractivity contribution in [1.82, 2.24) is 19.8 Å². The number of carbonyl (C=O) groups excluding carboxylic acids is 1. The van der Waals surface area contributed by atoms with Gasteiger partial charge in [-0.05, 0) is 63.4 Å². The molecule has 2 saturated heterocycles. The van der Waals surface area contributed by atoms with Crippen LogP contribution in [0.1, 0.15) is 43.7 Å². The van der Waals surface area contributed by atoms with E-state index in [9.17, 15) is 9.59 Å². The molecule has 1 amide bonds. The molecule has 2 atom stereocenters. The van der Waals surface area contributed by atoms with E-state index in [2.05, 4.69) is 48.3 Å². The number of piperidine rings is 1. The van der Waals surface area contributed by atoms with E-state index in [1.54, 1.807) is 0 Å². The van der Waals surface area contributed by atoms with Gasteiger partial charge < -0.3 is 10.2 Å². The van der Waals surface area contributed by atoms with Crippen molar-refractivity contribution in [2.75, 3.05) is 37.6 Å². The second kappa shape index (κ2) is 10.8. The van der Waals surface area contributed by atoms with Gasteiger partial charge in [0.25, 0.3) is 5.56 Å². The molecule has 1 N–H and O–H groups in total. The van der Waals surface area contributed by atoms with E-state index in [1.165, 1.54) is 12.0 Å². The predicted octanol–water partition coefficient (Wildman–Crippen LogP) is 3.57. The van der Waals surface area contributed by atoms with E-state index in [-0.39, 0.29) is 17.4 Å². The summed E-state index contributed by atoms with van der Waals surface area (Å²) in [5.74, 6) is 0.420. The Labute approximate surface area is 213 Å². The number of carbonyl (C=O) groups is 1. The molecule has 0 unspecified atom stereocenters. The van der Waals surface area contributed by atoms with E-state index in [0.717, 1.165) is 55.5 Å². The van der Waals surface area contributed by atoms with Crippen LogP contribution < -0.4 is 15.8 Å². The number of rotatable bonds is 7. The van der Waals surface area contributed by atoms with E-state index in [4.69, 9.17) is 4.98 Å². The summed E-state index contributed by atoms with van der Waals surface area (Å²) in [4.78, 5) is 36.1. The maximum absolute atomic E-state index is 13.8. The molecule has 190 valence electrons. The summed E-state index contributed by atoms with van der Waals surface area (Å²) in [5, 5.41) is 3.21. The number of para-hydroxylation sites is 2. The fourth-order valence-corrected chi connectivity index (χ4v) is 5.71. The van der Waals surface area contributed by atoms with E-state index in [0.29, 0.717) is 31.5 Å². The summed E-state index contributed by atoms with van der Waals surface area (Å²) < 4.78 is 1.82. The Morgan fingerprint density at radius 2 is 1.83 bits per heavy atom. The minimum absolute atomic E-state index is 0.0973. The number of aromatic nitrogens is 2. The van der Waals surface area contributed by atoms with E-state index in [1.807, 2.05) is 33.7 Å². The summed E-state index contributed by atoms with van der Waals surface area (Å²) in [7, 11) is 0. The number of benzene rings is 2. The van der Waals surface area contributed by atoms with Crippen molar-refractivity contribution in [3.8, 4) is 0 Å². The Morgan fingerprint density at radius 1 is 1.06 bits per heavy atom. The molecule has 36 heavy (non-hydrogen) atoms. The van der Waals surface area contributed by atoms with Crippen LogP contribution in [0.4, 0.5) is 5.82 Å². The number of amides is 1. The van der Waals surface area contributed by atoms with Gasteiger partial charge in [-0.15, -0.1) is 0 Å². The number of hydrogen-bond acceptors (Lipinski definition) is 5. The highest BCUT2D eigenvalue weighted by Gasteiger charge is 2.30. The summed E-state index contributed by atoms with van der Waals surface area (Å²) in [6.45, 7) is 8.86. The molecular formula is C29H37N5O2. The minimum atomic E-state index is -0.131. The van der Waals surface area contributed by atoms with Crippen LogP contribution in [0.3, 0.4) is 0 Å². The first-order chi connectivity index (χ1) is 17.5. The molecule has 0 spiro atoms. The van der Waals surface area contributed by atoms with Crippen molar-refractivity contribution in [1.29, 1.82) is 0 Å². The number of likely N-dealkylation sites (N-methyl/N-ethyl adjacent to an activating group) is 1. The highest BCUT2D eigenvalue weighted by Crippen LogP contribution is 2.23. The first-order valence-electron chi connectivity index (χ1n) is 13.4. The third-order valence-corrected chi connectivity index (χ3v) is 7.81. The van der Waals surface area contributed by atoms with Crippen LogP contribution in [0.25, 0.3) is 11.0 Å². The van der Waals surface area contributed by atoms with Gasteiger partial charge in [-0.3, -0.25) is 19.1 Å². The van der Waals surface area contributed by atoms with Crippen molar-refractivity contribution in [2.24, 2.45) is 5.92 Å². The molecule has 0 bridgehead atoms. The monoisotopic (exact) mass is 487 g/mol. The molecule has 0 radical (unpaired) electrons. The molecule has 1 aromatic heterocycles. The molecule has 7 heteroatoms. The molecule has 2 aliphatic heterocycles. The second-order valence-electron chi connectivity index (χ2n) is 10.3. The van der Waals surface area contributed by atoms with Crippen molar-refractivity contribution >= 4 is 22.8 Å². The molecule has 3 heterocycles. The SMILES string of the molecule is CCN1CCC[C@H]1CNC(=O)[C@H]1CCCN(c2nc3ccccc3n(Cc3ccc(C)cc3)c2=O)C1. The van der Waals surface area contributed by atoms with Crippen LogP contribution in [-0.2, 0) is 11.3 Å². The summed E-state index contributed by atoms with van der Waals surface area (Å²) in [6, 6.07) is 16.5. The molecular weight excluding hydrogens is 450 g/mol. The molecule has 3 aromatic rings. The third-order valence-electron chi connectivity index (χ3n) is 7.81. The lowest BCUT2D eigenvalue weighted by Gasteiger charge is -2.33. The zero-order chi connectivity index (χ0) is 25.1. The number of aryl methyl sites for hydroxylation is 1. The standard InChI is InChI=1S/C29H37N5O2/c1-3-32-16-7-9-24(32)18-30-28(35)23-8-6-17-33(20-23)27-29(36)34(19-22-14-12-21(2)13-15-22)26-11-5-4-10-25(26)31-27/h4-5,10-15,23-24H,3,6-9,16-20H2,1-2H3,(H,30,35)/t23-,24-/m0/s1. The van der Waals surface area contributed by atoms with Gasteiger partial charge in [0, 0.05) is 25.7 Å². The molecule has 7 nitrogen and oxygen atoms in total. The largest absolute Gasteiger partial charge is 0.354 e. The number of anilines is 1. The maximum atomic E-state index is 13.8. The van der Waals surface area contributed by atoms with Crippen LogP contribution in [0, 0.1) is 12.8 Å². The fourth-order valence-electron chi connectivity index (χ4n) is 5.71. The van der Waals surface area contributed by atoms with Gasteiger partial charge in [-0.25, -0.2) is 4.98 Å². The highest BCUT2D eigenvalue weighted by atomic mass is 16.2. The summed E-state index contributed by atoms with van der Waals surface area (Å²) >= 11 is 0. The first kappa shape index (κ1) is 24.5. The fraction of sp³-hybridized carbons (Fsp3) is 0.483. The number of nitrogens with one attached hydrogen (secondary N) is 1. The average Bonchev–Trinajstić information content (AvgIpc) is 3.37. The Balaban J connectivity index is 1.36. The zero-order valence-electron chi connectivity index (χ0n) is 21.4. The smallest absolute Gasteiger partial charge is 0.294 e. The van der Waals surface area contributed by atoms with Crippen molar-refractivity contribution in [3.63, 3.8) is 0 Å². The van der Waals surface area contributed by atoms with Gasteiger partial charge in [-0.2, -0.15) is 0 Å². The van der Waals surface area contributed by atoms with E-state index >= 15 is 0 Å². The zero-order valence-corrected chi connectivity index (χ0v) is 21.4. The predicted molar refractivity (Wildman–Crippen MR) is 144 cm³/mol. The van der Waals surface area contributed by atoms with Crippen LogP contribution in [0.5, 0.6) is 0 Å². The van der Waals surface area contributed by atoms with Gasteiger partial charge in [0.1, 0.15) is 0 Å². The van der Waals surface area contributed by atoms with E-state index < -0.39 is 0 Å².